The van der Waals surface area contributed by atoms with Gasteiger partial charge in [0.15, 0.2) is 57.5 Å². The van der Waals surface area contributed by atoms with Gasteiger partial charge in [-0.2, -0.15) is 0 Å². The van der Waals surface area contributed by atoms with E-state index in [1.807, 2.05) is 0 Å². The van der Waals surface area contributed by atoms with Gasteiger partial charge in [-0.25, -0.2) is 0 Å². The molecule has 31 nitrogen and oxygen atoms in total. The number of carbonyl (C=O) groups excluding carboxylic acids is 13. The molecule has 0 radical (unpaired) electrons. The third kappa shape index (κ3) is 20.8. The number of ether oxygens (including phenoxy) is 18. The van der Waals surface area contributed by atoms with E-state index in [0.717, 1.165) is 169 Å². The molecular formula is C62H52O31. The lowest BCUT2D eigenvalue weighted by Gasteiger charge is -2.22. The van der Waals surface area contributed by atoms with Crippen molar-refractivity contribution < 1.29 is 148 Å². The summed E-state index contributed by atoms with van der Waals surface area (Å²) in [6.45, 7) is 12.9. The van der Waals surface area contributed by atoms with Crippen LogP contribution in [0.1, 0.15) is 90.0 Å². The first kappa shape index (κ1) is 69.5. The molecule has 0 amide bonds. The van der Waals surface area contributed by atoms with Gasteiger partial charge in [0.05, 0.1) is 0 Å². The molecular weight excluding hydrogens is 1240 g/mol. The predicted molar refractivity (Wildman–Crippen MR) is 306 cm³/mol. The topological polar surface area (TPSA) is 388 Å². The smallest absolute Gasteiger partial charge is 0.308 e. The van der Waals surface area contributed by atoms with Crippen LogP contribution in [0.5, 0.6) is 132 Å². The number of benzene rings is 6. The highest BCUT2D eigenvalue weighted by atomic mass is 16.6. The fourth-order valence-electron chi connectivity index (χ4n) is 7.68. The Morgan fingerprint density at radius 3 is 0.484 bits per heavy atom. The minimum atomic E-state index is -1.08. The van der Waals surface area contributed by atoms with Crippen molar-refractivity contribution in [2.45, 2.75) is 90.0 Å². The van der Waals surface area contributed by atoms with E-state index in [1.165, 1.54) is 0 Å². The number of rotatable bonds is 23. The average Bonchev–Trinajstić information content (AvgIpc) is 0.785. The van der Waals surface area contributed by atoms with Crippen molar-refractivity contribution in [1.82, 2.24) is 0 Å². The normalized spacial score (nSPS) is 10.3. The first-order valence-corrected chi connectivity index (χ1v) is 26.5. The molecule has 0 aromatic heterocycles. The Bertz CT molecular complexity index is 3690. The lowest BCUT2D eigenvalue weighted by molar-refractivity contribution is -0.133. The van der Waals surface area contributed by atoms with Crippen molar-refractivity contribution in [3.05, 3.63) is 78.9 Å². The van der Waals surface area contributed by atoms with E-state index in [9.17, 15) is 62.3 Å². The highest BCUT2D eigenvalue weighted by Crippen LogP contribution is 2.56. The standard InChI is InChI=1S/C62H52O31/c1-27(63)76-40-14-41(77-28(2)64)16-42(15-40)89-60-56(92-61-52(85-36(10)72)23-46(24-53(61)86-37(11)73)90-58-48(81-32(6)68)17-43(78-29(3)65)18-49(58)82-33(7)69)21-45(80-31(5)67)22-57(60)93-62-54(87-38(12)74)25-47(26-55(62)88-39(13)75)91-59-50(83-34(8)70)19-44(79-30(4)66)20-51(59)84-35(9)71/h14-26H,1-13H3. The molecule has 0 aliphatic rings. The van der Waals surface area contributed by atoms with Crippen LogP contribution in [0.25, 0.3) is 0 Å². The van der Waals surface area contributed by atoms with E-state index >= 15 is 0 Å². The maximum atomic E-state index is 13.1. The van der Waals surface area contributed by atoms with Gasteiger partial charge in [0.2, 0.25) is 28.7 Å². The first-order valence-electron chi connectivity index (χ1n) is 26.5. The van der Waals surface area contributed by atoms with E-state index < -0.39 is 187 Å². The van der Waals surface area contributed by atoms with E-state index in [4.69, 9.17) is 85.3 Å². The van der Waals surface area contributed by atoms with Gasteiger partial charge in [-0.1, -0.05) is 0 Å². The molecule has 0 aliphatic heterocycles. The molecule has 93 heavy (non-hydrogen) atoms. The lowest BCUT2D eigenvalue weighted by Crippen LogP contribution is -2.10. The summed E-state index contributed by atoms with van der Waals surface area (Å²) in [5, 5.41) is 0. The molecule has 0 saturated carbocycles. The number of esters is 13. The minimum absolute atomic E-state index is 0.296. The largest absolute Gasteiger partial charge is 0.449 e. The highest BCUT2D eigenvalue weighted by Gasteiger charge is 2.31. The second-order valence-corrected chi connectivity index (χ2v) is 18.6. The van der Waals surface area contributed by atoms with Gasteiger partial charge < -0.3 is 85.3 Å². The molecule has 486 valence electrons. The van der Waals surface area contributed by atoms with Crippen LogP contribution in [-0.4, -0.2) is 77.6 Å². The molecule has 0 heterocycles. The molecule has 6 rings (SSSR count). The number of hydrogen-bond donors (Lipinski definition) is 0. The van der Waals surface area contributed by atoms with Crippen molar-refractivity contribution >= 4 is 77.6 Å². The fourth-order valence-corrected chi connectivity index (χ4v) is 7.68. The molecule has 0 aliphatic carbocycles. The zero-order chi connectivity index (χ0) is 68.7. The van der Waals surface area contributed by atoms with Crippen LogP contribution in [-0.2, 0) is 62.3 Å². The van der Waals surface area contributed by atoms with Crippen molar-refractivity contribution in [3.8, 4) is 132 Å². The molecule has 0 atom stereocenters. The zero-order valence-corrected chi connectivity index (χ0v) is 51.2. The van der Waals surface area contributed by atoms with E-state index in [1.54, 1.807) is 0 Å². The Morgan fingerprint density at radius 1 is 0.161 bits per heavy atom. The zero-order valence-electron chi connectivity index (χ0n) is 51.2. The highest BCUT2D eigenvalue weighted by molar-refractivity contribution is 5.82. The molecule has 0 bridgehead atoms. The van der Waals surface area contributed by atoms with Crippen LogP contribution in [0.2, 0.25) is 0 Å². The summed E-state index contributed by atoms with van der Waals surface area (Å²) in [4.78, 5) is 164. The van der Waals surface area contributed by atoms with Crippen LogP contribution < -0.4 is 85.3 Å². The summed E-state index contributed by atoms with van der Waals surface area (Å²) in [5.41, 5.74) is 0. The maximum Gasteiger partial charge on any atom is 0.308 e. The molecule has 31 heteroatoms. The Morgan fingerprint density at radius 2 is 0.290 bits per heavy atom. The fraction of sp³-hybridized carbons (Fsp3) is 0.210. The third-order valence-electron chi connectivity index (χ3n) is 10.2. The molecule has 0 fully saturated rings. The third-order valence-corrected chi connectivity index (χ3v) is 10.2. The number of carbonyl (C=O) groups is 13. The van der Waals surface area contributed by atoms with Gasteiger partial charge in [-0.3, -0.25) is 62.3 Å². The minimum Gasteiger partial charge on any atom is -0.449 e. The van der Waals surface area contributed by atoms with Crippen molar-refractivity contribution in [1.29, 1.82) is 0 Å². The summed E-state index contributed by atoms with van der Waals surface area (Å²) < 4.78 is 102. The van der Waals surface area contributed by atoms with Crippen LogP contribution >= 0.6 is 0 Å². The van der Waals surface area contributed by atoms with Crippen LogP contribution in [0, 0.1) is 0 Å². The van der Waals surface area contributed by atoms with Crippen LogP contribution in [0.3, 0.4) is 0 Å². The van der Waals surface area contributed by atoms with E-state index in [0.29, 0.717) is 0 Å². The van der Waals surface area contributed by atoms with Gasteiger partial charge in [0.1, 0.15) is 46.0 Å². The molecule has 0 unspecified atom stereocenters. The lowest BCUT2D eigenvalue weighted by atomic mass is 10.2. The molecule has 0 saturated heterocycles. The summed E-state index contributed by atoms with van der Waals surface area (Å²) >= 11 is 0. The predicted octanol–water partition coefficient (Wildman–Crippen LogP) is 9.68. The summed E-state index contributed by atoms with van der Waals surface area (Å²) in [6.07, 6.45) is 0. The average molecular weight is 1290 g/mol. The van der Waals surface area contributed by atoms with Crippen LogP contribution in [0.4, 0.5) is 0 Å². The second-order valence-electron chi connectivity index (χ2n) is 18.6. The van der Waals surface area contributed by atoms with Gasteiger partial charge in [-0.05, 0) is 0 Å². The Hall–Kier alpha value is -12.6. The van der Waals surface area contributed by atoms with Crippen molar-refractivity contribution in [2.75, 3.05) is 0 Å². The summed E-state index contributed by atoms with van der Waals surface area (Å²) in [7, 11) is 0. The Balaban J connectivity index is 1.71. The Kier molecular flexibility index (Phi) is 22.9. The molecule has 0 N–H and O–H groups in total. The molecule has 6 aromatic rings. The summed E-state index contributed by atoms with van der Waals surface area (Å²) in [6, 6.07) is 13.1. The second kappa shape index (κ2) is 30.6. The van der Waals surface area contributed by atoms with Gasteiger partial charge in [0.25, 0.3) is 0 Å². The first-order chi connectivity index (χ1) is 43.7. The van der Waals surface area contributed by atoms with E-state index in [2.05, 4.69) is 0 Å². The summed E-state index contributed by atoms with van der Waals surface area (Å²) in [5.74, 6) is -25.3. The van der Waals surface area contributed by atoms with Gasteiger partial charge in [-0.15, -0.1) is 0 Å². The van der Waals surface area contributed by atoms with E-state index in [-0.39, 0.29) is 23.0 Å². The Labute approximate surface area is 524 Å². The quantitative estimate of drug-likeness (QED) is 0.0425. The number of hydrogen-bond acceptors (Lipinski definition) is 31. The maximum absolute atomic E-state index is 13.1. The van der Waals surface area contributed by atoms with Crippen molar-refractivity contribution in [2.24, 2.45) is 0 Å². The molecule has 6 aromatic carbocycles. The monoisotopic (exact) mass is 1290 g/mol. The van der Waals surface area contributed by atoms with Gasteiger partial charge >= 0.3 is 77.6 Å². The van der Waals surface area contributed by atoms with Gasteiger partial charge in [0, 0.05) is 169 Å². The van der Waals surface area contributed by atoms with Crippen LogP contribution in [0.15, 0.2) is 78.9 Å². The molecule has 0 spiro atoms. The SMILES string of the molecule is CC(=O)Oc1cc(OC(C)=O)cc(Oc2c(Oc3c(OC(C)=O)cc(Oc4c(OC(C)=O)cc(OC(C)=O)cc4OC(C)=O)cc3OC(C)=O)cc(OC(C)=O)cc2Oc2c(OC(C)=O)cc(Oc3c(OC(C)=O)cc(OC(C)=O)cc3OC(C)=O)cc2OC(C)=O)c1. The van der Waals surface area contributed by atoms with Crippen molar-refractivity contribution in [3.63, 3.8) is 0 Å².